The Labute approximate surface area is 138 Å². The van der Waals surface area contributed by atoms with E-state index >= 15 is 0 Å². The lowest BCUT2D eigenvalue weighted by Gasteiger charge is -2.11. The summed E-state index contributed by atoms with van der Waals surface area (Å²) in [5, 5.41) is 2.15. The van der Waals surface area contributed by atoms with Gasteiger partial charge in [0.05, 0.1) is 0 Å². The van der Waals surface area contributed by atoms with E-state index in [0.717, 1.165) is 28.2 Å². The first kappa shape index (κ1) is 20.7. The Bertz CT molecular complexity index is 636. The molecule has 4 nitrogen and oxygen atoms in total. The van der Waals surface area contributed by atoms with E-state index < -0.39 is 0 Å². The van der Waals surface area contributed by atoms with E-state index in [0.29, 0.717) is 0 Å². The van der Waals surface area contributed by atoms with Crippen molar-refractivity contribution in [1.29, 1.82) is 0 Å². The lowest BCUT2D eigenvalue weighted by molar-refractivity contribution is 0.112. The number of allylic oxidation sites excluding steroid dienone is 4. The summed E-state index contributed by atoms with van der Waals surface area (Å²) in [4.78, 5) is 11.3. The number of nitrogens with two attached hydrogens (primary N) is 3. The number of carbonyl (C=O) groups is 1. The summed E-state index contributed by atoms with van der Waals surface area (Å²) in [6.45, 7) is 0. The monoisotopic (exact) mass is 313 g/mol. The molecule has 1 aliphatic rings. The van der Waals surface area contributed by atoms with Gasteiger partial charge in [0, 0.05) is 11.5 Å². The number of carbonyl (C=O) groups excluding carboxylic acids is 1. The van der Waals surface area contributed by atoms with Gasteiger partial charge in [-0.1, -0.05) is 60.7 Å². The molecule has 0 saturated carbocycles. The summed E-state index contributed by atoms with van der Waals surface area (Å²) >= 11 is 0. The quantitative estimate of drug-likeness (QED) is 0.743. The predicted molar refractivity (Wildman–Crippen MR) is 101 cm³/mol. The van der Waals surface area contributed by atoms with E-state index in [-0.39, 0.29) is 5.92 Å². The molecule has 23 heavy (non-hydrogen) atoms. The van der Waals surface area contributed by atoms with Gasteiger partial charge >= 0.3 is 0 Å². The van der Waals surface area contributed by atoms with Gasteiger partial charge in [-0.25, -0.2) is 0 Å². The summed E-state index contributed by atoms with van der Waals surface area (Å²) in [5.74, 6) is 0.236. The fraction of sp³-hybridized carbons (Fsp3) is 0.211. The number of hydrogen-bond donors (Lipinski definition) is 3. The molecule has 0 aromatic heterocycles. The van der Waals surface area contributed by atoms with Crippen LogP contribution in [0.2, 0.25) is 0 Å². The van der Waals surface area contributed by atoms with Gasteiger partial charge in [-0.05, 0) is 37.5 Å². The van der Waals surface area contributed by atoms with Gasteiger partial charge in [-0.15, -0.1) is 0 Å². The number of hydrogen-bond acceptors (Lipinski definition) is 4. The lowest BCUT2D eigenvalue weighted by atomic mass is 9.92. The standard InChI is InChI=1S/C16H12O.3CH5N/c17-11-16-14-8-4-3-7-13(14)9-10-15(16)12-5-1-2-6-12;3*1-2/h1-12H;3*2H2,1H3. The number of benzene rings is 2. The summed E-state index contributed by atoms with van der Waals surface area (Å²) in [5.41, 5.74) is 15.4. The Hall–Kier alpha value is -2.27. The maximum Gasteiger partial charge on any atom is 0.150 e. The van der Waals surface area contributed by atoms with Crippen LogP contribution in [0.15, 0.2) is 60.7 Å². The minimum absolute atomic E-state index is 0.236. The molecule has 2 aromatic rings. The molecule has 0 unspecified atom stereocenters. The van der Waals surface area contributed by atoms with E-state index in [1.165, 1.54) is 21.1 Å². The molecular formula is C19H27N3O. The van der Waals surface area contributed by atoms with Gasteiger partial charge < -0.3 is 17.2 Å². The summed E-state index contributed by atoms with van der Waals surface area (Å²) < 4.78 is 0. The Kier molecular flexibility index (Phi) is 11.1. The largest absolute Gasteiger partial charge is 0.333 e. The molecular weight excluding hydrogens is 286 g/mol. The molecule has 6 N–H and O–H groups in total. The third-order valence-electron chi connectivity index (χ3n) is 3.23. The van der Waals surface area contributed by atoms with Crippen LogP contribution in [-0.4, -0.2) is 27.4 Å². The second kappa shape index (κ2) is 12.3. The number of aldehydes is 1. The van der Waals surface area contributed by atoms with Crippen molar-refractivity contribution in [2.24, 2.45) is 17.2 Å². The van der Waals surface area contributed by atoms with Crippen LogP contribution in [0.3, 0.4) is 0 Å². The second-order valence-corrected chi connectivity index (χ2v) is 4.20. The first-order chi connectivity index (χ1) is 11.4. The molecule has 2 aromatic carbocycles. The van der Waals surface area contributed by atoms with Crippen molar-refractivity contribution in [2.75, 3.05) is 21.1 Å². The molecule has 4 heteroatoms. The van der Waals surface area contributed by atoms with Crippen LogP contribution in [-0.2, 0) is 0 Å². The molecule has 0 radical (unpaired) electrons. The van der Waals surface area contributed by atoms with Crippen molar-refractivity contribution in [2.45, 2.75) is 5.92 Å². The molecule has 3 rings (SSSR count). The van der Waals surface area contributed by atoms with Crippen molar-refractivity contribution >= 4 is 17.1 Å². The van der Waals surface area contributed by atoms with Crippen molar-refractivity contribution in [1.82, 2.24) is 0 Å². The molecule has 0 fully saturated rings. The van der Waals surface area contributed by atoms with Gasteiger partial charge in [0.25, 0.3) is 0 Å². The topological polar surface area (TPSA) is 95.1 Å². The fourth-order valence-electron chi connectivity index (χ4n) is 2.37. The van der Waals surface area contributed by atoms with Crippen LogP contribution in [0.25, 0.3) is 10.8 Å². The fourth-order valence-corrected chi connectivity index (χ4v) is 2.37. The third kappa shape index (κ3) is 5.14. The summed E-state index contributed by atoms with van der Waals surface area (Å²) in [7, 11) is 4.50. The van der Waals surface area contributed by atoms with E-state index in [1.54, 1.807) is 0 Å². The Morgan fingerprint density at radius 3 is 1.96 bits per heavy atom. The number of fused-ring (bicyclic) bond motifs is 1. The minimum Gasteiger partial charge on any atom is -0.333 e. The average Bonchev–Trinajstić information content (AvgIpc) is 3.20. The normalized spacial score (nSPS) is 11.6. The zero-order valence-electron chi connectivity index (χ0n) is 14.1. The molecule has 0 heterocycles. The van der Waals surface area contributed by atoms with Crippen molar-refractivity contribution in [3.63, 3.8) is 0 Å². The Balaban J connectivity index is 0.000000728. The Morgan fingerprint density at radius 1 is 0.826 bits per heavy atom. The molecule has 0 amide bonds. The highest BCUT2D eigenvalue weighted by Gasteiger charge is 2.13. The predicted octanol–water partition coefficient (Wildman–Crippen LogP) is 2.59. The van der Waals surface area contributed by atoms with Crippen LogP contribution in [0.4, 0.5) is 0 Å². The third-order valence-corrected chi connectivity index (χ3v) is 3.23. The average molecular weight is 313 g/mol. The van der Waals surface area contributed by atoms with Gasteiger partial charge in [0.15, 0.2) is 6.29 Å². The molecule has 1 aliphatic carbocycles. The second-order valence-electron chi connectivity index (χ2n) is 4.20. The van der Waals surface area contributed by atoms with Gasteiger partial charge in [-0.2, -0.15) is 0 Å². The van der Waals surface area contributed by atoms with E-state index in [2.05, 4.69) is 41.5 Å². The zero-order chi connectivity index (χ0) is 17.7. The van der Waals surface area contributed by atoms with Crippen LogP contribution in [0, 0.1) is 0 Å². The molecule has 0 aliphatic heterocycles. The Morgan fingerprint density at radius 2 is 1.39 bits per heavy atom. The van der Waals surface area contributed by atoms with Crippen LogP contribution >= 0.6 is 0 Å². The maximum atomic E-state index is 11.3. The summed E-state index contributed by atoms with van der Waals surface area (Å²) in [6, 6.07) is 12.1. The molecule has 0 spiro atoms. The van der Waals surface area contributed by atoms with Crippen molar-refractivity contribution in [3.05, 3.63) is 71.8 Å². The van der Waals surface area contributed by atoms with E-state index in [4.69, 9.17) is 0 Å². The van der Waals surface area contributed by atoms with E-state index in [9.17, 15) is 4.79 Å². The minimum atomic E-state index is 0.236. The molecule has 0 atom stereocenters. The number of rotatable bonds is 2. The van der Waals surface area contributed by atoms with Crippen molar-refractivity contribution < 1.29 is 4.79 Å². The lowest BCUT2D eigenvalue weighted by Crippen LogP contribution is -1.97. The first-order valence-corrected chi connectivity index (χ1v) is 7.45. The maximum absolute atomic E-state index is 11.3. The highest BCUT2D eigenvalue weighted by atomic mass is 16.1. The molecule has 124 valence electrons. The van der Waals surface area contributed by atoms with Crippen LogP contribution in [0.5, 0.6) is 0 Å². The van der Waals surface area contributed by atoms with E-state index in [1.807, 2.05) is 36.4 Å². The van der Waals surface area contributed by atoms with Crippen molar-refractivity contribution in [3.8, 4) is 0 Å². The summed E-state index contributed by atoms with van der Waals surface area (Å²) in [6.07, 6.45) is 9.23. The first-order valence-electron chi connectivity index (χ1n) is 7.45. The van der Waals surface area contributed by atoms with Crippen LogP contribution in [0.1, 0.15) is 21.8 Å². The zero-order valence-corrected chi connectivity index (χ0v) is 14.1. The van der Waals surface area contributed by atoms with Crippen LogP contribution < -0.4 is 17.2 Å². The van der Waals surface area contributed by atoms with Gasteiger partial charge in [-0.3, -0.25) is 4.79 Å². The van der Waals surface area contributed by atoms with Gasteiger partial charge in [0.2, 0.25) is 0 Å². The smallest absolute Gasteiger partial charge is 0.150 e. The van der Waals surface area contributed by atoms with Gasteiger partial charge in [0.1, 0.15) is 0 Å². The highest BCUT2D eigenvalue weighted by molar-refractivity contribution is 5.99. The molecule has 0 saturated heterocycles. The molecule has 0 bridgehead atoms. The SMILES string of the molecule is CN.CN.CN.O=Cc1c(C2C=CC=C2)ccc2ccccc12. The highest BCUT2D eigenvalue weighted by Crippen LogP contribution is 2.30.